The second-order valence-electron chi connectivity index (χ2n) is 4.64. The molecule has 1 aromatic rings. The monoisotopic (exact) mass is 233 g/mol. The van der Waals surface area contributed by atoms with Crippen LogP contribution in [-0.2, 0) is 12.8 Å². The molecule has 5 nitrogen and oxygen atoms in total. The van der Waals surface area contributed by atoms with Gasteiger partial charge in [0, 0.05) is 38.8 Å². The quantitative estimate of drug-likeness (QED) is 0.775. The van der Waals surface area contributed by atoms with Crippen LogP contribution in [0.5, 0.6) is 0 Å². The zero-order valence-electron chi connectivity index (χ0n) is 10.3. The van der Waals surface area contributed by atoms with Crippen molar-refractivity contribution in [2.45, 2.75) is 19.3 Å². The van der Waals surface area contributed by atoms with Gasteiger partial charge < -0.3 is 15.5 Å². The number of aryl methyl sites for hydroxylation is 1. The van der Waals surface area contributed by atoms with Crippen molar-refractivity contribution < 1.29 is 0 Å². The number of hydrogen-bond donors (Lipinski definition) is 2. The Hall–Kier alpha value is -1.36. The molecule has 3 rings (SSSR count). The molecule has 0 radical (unpaired) electrons. The molecule has 0 aromatic carbocycles. The number of rotatable bonds is 2. The van der Waals surface area contributed by atoms with Crippen LogP contribution in [0.4, 0.5) is 11.8 Å². The molecule has 92 valence electrons. The first-order valence-corrected chi connectivity index (χ1v) is 6.41. The van der Waals surface area contributed by atoms with Gasteiger partial charge in [0.25, 0.3) is 0 Å². The largest absolute Gasteiger partial charge is 0.373 e. The van der Waals surface area contributed by atoms with Gasteiger partial charge in [0.1, 0.15) is 5.82 Å². The molecule has 2 N–H and O–H groups in total. The van der Waals surface area contributed by atoms with Gasteiger partial charge in [-0.1, -0.05) is 0 Å². The first-order valence-electron chi connectivity index (χ1n) is 6.41. The fraction of sp³-hybridized carbons (Fsp3) is 0.667. The highest BCUT2D eigenvalue weighted by molar-refractivity contribution is 5.52. The molecular formula is C12H19N5. The third kappa shape index (κ3) is 1.95. The molecule has 1 aliphatic carbocycles. The van der Waals surface area contributed by atoms with Crippen LogP contribution in [0.25, 0.3) is 0 Å². The van der Waals surface area contributed by atoms with Crippen molar-refractivity contribution in [1.29, 1.82) is 0 Å². The van der Waals surface area contributed by atoms with Crippen molar-refractivity contribution >= 4 is 11.8 Å². The van der Waals surface area contributed by atoms with Crippen LogP contribution in [0.1, 0.15) is 17.7 Å². The number of fused-ring (bicyclic) bond motifs is 1. The van der Waals surface area contributed by atoms with E-state index < -0.39 is 0 Å². The summed E-state index contributed by atoms with van der Waals surface area (Å²) in [6.45, 7) is 4.05. The van der Waals surface area contributed by atoms with Gasteiger partial charge in [0.2, 0.25) is 5.95 Å². The zero-order valence-corrected chi connectivity index (χ0v) is 10.3. The molecule has 1 saturated heterocycles. The number of anilines is 2. The van der Waals surface area contributed by atoms with E-state index in [1.165, 1.54) is 17.7 Å². The third-order valence-corrected chi connectivity index (χ3v) is 3.56. The van der Waals surface area contributed by atoms with Crippen molar-refractivity contribution in [3.8, 4) is 0 Å². The molecule has 2 aliphatic rings. The Morgan fingerprint density at radius 2 is 2.00 bits per heavy atom. The molecule has 1 aliphatic heterocycles. The number of hydrogen-bond acceptors (Lipinski definition) is 5. The van der Waals surface area contributed by atoms with Gasteiger partial charge in [-0.05, 0) is 19.3 Å². The maximum atomic E-state index is 4.73. The number of nitrogens with zero attached hydrogens (tertiary/aromatic N) is 3. The molecule has 0 bridgehead atoms. The summed E-state index contributed by atoms with van der Waals surface area (Å²) in [7, 11) is 1.95. The lowest BCUT2D eigenvalue weighted by Crippen LogP contribution is -2.44. The summed E-state index contributed by atoms with van der Waals surface area (Å²) < 4.78 is 0. The van der Waals surface area contributed by atoms with E-state index in [0.29, 0.717) is 0 Å². The highest BCUT2D eigenvalue weighted by Crippen LogP contribution is 2.28. The Morgan fingerprint density at radius 3 is 2.76 bits per heavy atom. The molecule has 0 atom stereocenters. The minimum atomic E-state index is 0.900. The fourth-order valence-corrected chi connectivity index (χ4v) is 2.63. The Bertz CT molecular complexity index is 412. The number of aromatic nitrogens is 2. The van der Waals surface area contributed by atoms with Crippen LogP contribution in [-0.4, -0.2) is 43.2 Å². The molecule has 0 spiro atoms. The van der Waals surface area contributed by atoms with Gasteiger partial charge in [0.15, 0.2) is 0 Å². The van der Waals surface area contributed by atoms with Gasteiger partial charge in [-0.25, -0.2) is 4.98 Å². The fourth-order valence-electron chi connectivity index (χ4n) is 2.63. The Balaban J connectivity index is 1.94. The standard InChI is InChI=1S/C12H19N5/c1-13-11-9-3-2-4-10(9)15-12(16-11)17-7-5-14-6-8-17/h14H,2-8H2,1H3,(H,13,15,16). The third-order valence-electron chi connectivity index (χ3n) is 3.56. The SMILES string of the molecule is CNc1nc(N2CCNCC2)nc2c1CCC2. The summed E-state index contributed by atoms with van der Waals surface area (Å²) in [6, 6.07) is 0. The lowest BCUT2D eigenvalue weighted by molar-refractivity contribution is 0.579. The van der Waals surface area contributed by atoms with E-state index in [0.717, 1.165) is 50.8 Å². The first kappa shape index (κ1) is 10.8. The Kier molecular flexibility index (Phi) is 2.84. The van der Waals surface area contributed by atoms with Gasteiger partial charge in [-0.2, -0.15) is 4.98 Å². The molecule has 1 aromatic heterocycles. The van der Waals surface area contributed by atoms with Gasteiger partial charge >= 0.3 is 0 Å². The highest BCUT2D eigenvalue weighted by Gasteiger charge is 2.21. The van der Waals surface area contributed by atoms with E-state index in [1.807, 2.05) is 7.05 Å². The predicted molar refractivity (Wildman–Crippen MR) is 68.7 cm³/mol. The zero-order chi connectivity index (χ0) is 11.7. The van der Waals surface area contributed by atoms with Gasteiger partial charge in [0.05, 0.1) is 5.69 Å². The van der Waals surface area contributed by atoms with Crippen molar-refractivity contribution in [2.24, 2.45) is 0 Å². The summed E-state index contributed by atoms with van der Waals surface area (Å²) in [5.74, 6) is 1.93. The van der Waals surface area contributed by atoms with E-state index >= 15 is 0 Å². The molecule has 1 fully saturated rings. The maximum Gasteiger partial charge on any atom is 0.227 e. The maximum absolute atomic E-state index is 4.73. The van der Waals surface area contributed by atoms with Crippen molar-refractivity contribution in [1.82, 2.24) is 15.3 Å². The minimum absolute atomic E-state index is 0.900. The average Bonchev–Trinajstić information content (AvgIpc) is 2.86. The highest BCUT2D eigenvalue weighted by atomic mass is 15.3. The van der Waals surface area contributed by atoms with Gasteiger partial charge in [-0.3, -0.25) is 0 Å². The lowest BCUT2D eigenvalue weighted by atomic mass is 10.2. The summed E-state index contributed by atoms with van der Waals surface area (Å²) in [4.78, 5) is 11.7. The lowest BCUT2D eigenvalue weighted by Gasteiger charge is -2.28. The average molecular weight is 233 g/mol. The smallest absolute Gasteiger partial charge is 0.227 e. The predicted octanol–water partition coefficient (Wildman–Crippen LogP) is 0.417. The van der Waals surface area contributed by atoms with Crippen molar-refractivity contribution in [2.75, 3.05) is 43.4 Å². The van der Waals surface area contributed by atoms with E-state index in [9.17, 15) is 0 Å². The van der Waals surface area contributed by atoms with Crippen LogP contribution in [0.3, 0.4) is 0 Å². The first-order chi connectivity index (χ1) is 8.38. The Labute approximate surface area is 102 Å². The van der Waals surface area contributed by atoms with E-state index in [1.54, 1.807) is 0 Å². The van der Waals surface area contributed by atoms with Crippen molar-refractivity contribution in [3.63, 3.8) is 0 Å². The summed E-state index contributed by atoms with van der Waals surface area (Å²) in [5, 5.41) is 6.57. The van der Waals surface area contributed by atoms with Gasteiger partial charge in [-0.15, -0.1) is 0 Å². The summed E-state index contributed by atoms with van der Waals surface area (Å²) >= 11 is 0. The van der Waals surface area contributed by atoms with Crippen LogP contribution in [0, 0.1) is 0 Å². The van der Waals surface area contributed by atoms with E-state index in [-0.39, 0.29) is 0 Å². The van der Waals surface area contributed by atoms with E-state index in [2.05, 4.69) is 20.5 Å². The van der Waals surface area contributed by atoms with Crippen LogP contribution in [0.2, 0.25) is 0 Å². The second kappa shape index (κ2) is 4.49. The van der Waals surface area contributed by atoms with Crippen molar-refractivity contribution in [3.05, 3.63) is 11.3 Å². The minimum Gasteiger partial charge on any atom is -0.373 e. The molecule has 0 amide bonds. The second-order valence-corrected chi connectivity index (χ2v) is 4.64. The molecule has 2 heterocycles. The number of nitrogens with one attached hydrogen (secondary N) is 2. The Morgan fingerprint density at radius 1 is 1.18 bits per heavy atom. The topological polar surface area (TPSA) is 53.1 Å². The molecular weight excluding hydrogens is 214 g/mol. The normalized spacial score (nSPS) is 19.2. The molecule has 0 saturated carbocycles. The molecule has 17 heavy (non-hydrogen) atoms. The summed E-state index contributed by atoms with van der Waals surface area (Å²) in [6.07, 6.45) is 3.43. The summed E-state index contributed by atoms with van der Waals surface area (Å²) in [5.41, 5.74) is 2.57. The molecule has 0 unspecified atom stereocenters. The number of piperazine rings is 1. The van der Waals surface area contributed by atoms with Crippen LogP contribution >= 0.6 is 0 Å². The van der Waals surface area contributed by atoms with E-state index in [4.69, 9.17) is 4.98 Å². The van der Waals surface area contributed by atoms with Crippen LogP contribution < -0.4 is 15.5 Å². The van der Waals surface area contributed by atoms with Crippen LogP contribution in [0.15, 0.2) is 0 Å². The molecule has 5 heteroatoms.